The largest absolute Gasteiger partial charge is 0.416 e. The Balaban J connectivity index is 2.57. The molecule has 2 rings (SSSR count). The lowest BCUT2D eigenvalue weighted by Gasteiger charge is -2.17. The van der Waals surface area contributed by atoms with Crippen molar-refractivity contribution >= 4 is 11.6 Å². The Hall–Kier alpha value is -1.60. The van der Waals surface area contributed by atoms with Crippen molar-refractivity contribution in [2.45, 2.75) is 19.2 Å². The molecule has 0 fully saturated rings. The minimum atomic E-state index is -4.58. The number of nitrogens with zero attached hydrogens (tertiary/aromatic N) is 3. The molecule has 2 aromatic heterocycles. The highest BCUT2D eigenvalue weighted by molar-refractivity contribution is 6.30. The van der Waals surface area contributed by atoms with Crippen LogP contribution in [0.3, 0.4) is 0 Å². The molecule has 0 saturated carbocycles. The van der Waals surface area contributed by atoms with E-state index in [4.69, 9.17) is 11.6 Å². The molecule has 2 heterocycles. The summed E-state index contributed by atoms with van der Waals surface area (Å²) in [6.45, 7) is 1.56. The number of aryl methyl sites for hydroxylation is 2. The summed E-state index contributed by atoms with van der Waals surface area (Å²) in [7, 11) is 1.54. The Morgan fingerprint density at radius 1 is 1.40 bits per heavy atom. The van der Waals surface area contributed by atoms with Crippen molar-refractivity contribution in [1.29, 1.82) is 0 Å². The topological polar surface area (TPSA) is 50.9 Å². The number of pyridine rings is 1. The summed E-state index contributed by atoms with van der Waals surface area (Å²) in [4.78, 5) is 3.64. The molecule has 0 bridgehead atoms. The quantitative estimate of drug-likeness (QED) is 0.928. The van der Waals surface area contributed by atoms with E-state index < -0.39 is 17.8 Å². The van der Waals surface area contributed by atoms with Crippen LogP contribution in [0.15, 0.2) is 18.5 Å². The summed E-state index contributed by atoms with van der Waals surface area (Å²) in [6, 6.07) is 0.818. The second-order valence-corrected chi connectivity index (χ2v) is 4.63. The van der Waals surface area contributed by atoms with Gasteiger partial charge in [0.2, 0.25) is 0 Å². The number of aliphatic hydroxyl groups excluding tert-OH is 1. The van der Waals surface area contributed by atoms with Crippen molar-refractivity contribution in [3.63, 3.8) is 0 Å². The first kappa shape index (κ1) is 14.8. The van der Waals surface area contributed by atoms with E-state index in [1.165, 1.54) is 4.68 Å². The molecule has 0 aromatic carbocycles. The number of aromatic nitrogens is 3. The Morgan fingerprint density at radius 3 is 2.55 bits per heavy atom. The van der Waals surface area contributed by atoms with Crippen LogP contribution >= 0.6 is 11.6 Å². The maximum absolute atomic E-state index is 12.9. The molecule has 0 spiro atoms. The molecular weight excluding hydrogens is 295 g/mol. The van der Waals surface area contributed by atoms with Gasteiger partial charge in [-0.25, -0.2) is 0 Å². The highest BCUT2D eigenvalue weighted by atomic mass is 35.5. The fraction of sp³-hybridized carbons (Fsp3) is 0.333. The molecule has 8 heteroatoms. The lowest BCUT2D eigenvalue weighted by Crippen LogP contribution is -2.13. The highest BCUT2D eigenvalue weighted by Crippen LogP contribution is 2.38. The van der Waals surface area contributed by atoms with Crippen LogP contribution in [-0.2, 0) is 13.2 Å². The second-order valence-electron chi connectivity index (χ2n) is 4.28. The lowest BCUT2D eigenvalue weighted by atomic mass is 9.99. The van der Waals surface area contributed by atoms with Crippen molar-refractivity contribution in [2.24, 2.45) is 7.05 Å². The molecule has 1 unspecified atom stereocenters. The summed E-state index contributed by atoms with van der Waals surface area (Å²) in [5.74, 6) is 0. The van der Waals surface area contributed by atoms with E-state index in [9.17, 15) is 18.3 Å². The molecule has 108 valence electrons. The van der Waals surface area contributed by atoms with Crippen LogP contribution in [0, 0.1) is 6.92 Å². The third-order valence-electron chi connectivity index (χ3n) is 2.92. The van der Waals surface area contributed by atoms with Crippen molar-refractivity contribution in [3.8, 4) is 0 Å². The summed E-state index contributed by atoms with van der Waals surface area (Å²) in [6.07, 6.45) is -4.11. The minimum absolute atomic E-state index is 0.0898. The normalized spacial score (nSPS) is 13.6. The van der Waals surface area contributed by atoms with E-state index in [1.54, 1.807) is 14.0 Å². The Kier molecular flexibility index (Phi) is 3.75. The third-order valence-corrected chi connectivity index (χ3v) is 3.37. The second kappa shape index (κ2) is 5.06. The number of rotatable bonds is 2. The molecule has 1 N–H and O–H groups in total. The van der Waals surface area contributed by atoms with E-state index in [0.29, 0.717) is 5.69 Å². The van der Waals surface area contributed by atoms with Gasteiger partial charge in [0.05, 0.1) is 11.3 Å². The van der Waals surface area contributed by atoms with Gasteiger partial charge in [-0.15, -0.1) is 0 Å². The molecule has 1 atom stereocenters. The molecule has 0 aliphatic heterocycles. The average Bonchev–Trinajstić information content (AvgIpc) is 2.61. The predicted octanol–water partition coefficient (Wildman–Crippen LogP) is 2.88. The average molecular weight is 306 g/mol. The van der Waals surface area contributed by atoms with Gasteiger partial charge in [0, 0.05) is 30.6 Å². The third kappa shape index (κ3) is 2.51. The number of aliphatic hydroxyl groups is 1. The van der Waals surface area contributed by atoms with Gasteiger partial charge >= 0.3 is 6.18 Å². The van der Waals surface area contributed by atoms with Gasteiger partial charge in [-0.2, -0.15) is 18.3 Å². The van der Waals surface area contributed by atoms with Crippen LogP contribution in [0.4, 0.5) is 13.2 Å². The standard InChI is InChI=1S/C12H11ClF3N3O/c1-6-9(11(13)19(2)18-6)10(20)7-5-17-4-3-8(7)12(14,15)16/h3-5,10,20H,1-2H3. The van der Waals surface area contributed by atoms with Crippen LogP contribution in [0.25, 0.3) is 0 Å². The molecule has 0 amide bonds. The maximum Gasteiger partial charge on any atom is 0.416 e. The minimum Gasteiger partial charge on any atom is -0.383 e. The Morgan fingerprint density at radius 2 is 2.05 bits per heavy atom. The molecule has 0 aliphatic rings. The van der Waals surface area contributed by atoms with Crippen molar-refractivity contribution in [2.75, 3.05) is 0 Å². The van der Waals surface area contributed by atoms with E-state index >= 15 is 0 Å². The molecular formula is C12H11ClF3N3O. The van der Waals surface area contributed by atoms with E-state index in [2.05, 4.69) is 10.1 Å². The van der Waals surface area contributed by atoms with Crippen LogP contribution in [-0.4, -0.2) is 19.9 Å². The van der Waals surface area contributed by atoms with Gasteiger partial charge in [-0.3, -0.25) is 9.67 Å². The van der Waals surface area contributed by atoms with Gasteiger partial charge < -0.3 is 5.11 Å². The van der Waals surface area contributed by atoms with Crippen LogP contribution < -0.4 is 0 Å². The van der Waals surface area contributed by atoms with Crippen molar-refractivity contribution in [1.82, 2.24) is 14.8 Å². The van der Waals surface area contributed by atoms with E-state index in [0.717, 1.165) is 18.5 Å². The van der Waals surface area contributed by atoms with Gasteiger partial charge in [-0.05, 0) is 13.0 Å². The summed E-state index contributed by atoms with van der Waals surface area (Å²) < 4.78 is 40.1. The fourth-order valence-corrected chi connectivity index (χ4v) is 2.27. The smallest absolute Gasteiger partial charge is 0.383 e. The maximum atomic E-state index is 12.9. The number of halogens is 4. The first-order chi connectivity index (χ1) is 9.23. The lowest BCUT2D eigenvalue weighted by molar-refractivity contribution is -0.139. The van der Waals surface area contributed by atoms with Crippen molar-refractivity contribution in [3.05, 3.63) is 46.0 Å². The highest BCUT2D eigenvalue weighted by Gasteiger charge is 2.36. The molecule has 0 radical (unpaired) electrons. The Bertz CT molecular complexity index is 639. The molecule has 4 nitrogen and oxygen atoms in total. The number of hydrogen-bond acceptors (Lipinski definition) is 3. The van der Waals surface area contributed by atoms with Crippen LogP contribution in [0.2, 0.25) is 5.15 Å². The van der Waals surface area contributed by atoms with Crippen LogP contribution in [0.5, 0.6) is 0 Å². The SMILES string of the molecule is Cc1nn(C)c(Cl)c1C(O)c1cnccc1C(F)(F)F. The zero-order valence-corrected chi connectivity index (χ0v) is 11.4. The molecule has 2 aromatic rings. The predicted molar refractivity (Wildman–Crippen MR) is 66.3 cm³/mol. The van der Waals surface area contributed by atoms with Gasteiger partial charge in [-0.1, -0.05) is 11.6 Å². The summed E-state index contributed by atoms with van der Waals surface area (Å²) in [5, 5.41) is 14.3. The molecule has 0 saturated heterocycles. The summed E-state index contributed by atoms with van der Waals surface area (Å²) in [5.41, 5.74) is -0.785. The number of alkyl halides is 3. The fourth-order valence-electron chi connectivity index (χ4n) is 2.00. The Labute approximate surface area is 117 Å². The molecule has 0 aliphatic carbocycles. The zero-order chi connectivity index (χ0) is 15.1. The first-order valence-corrected chi connectivity index (χ1v) is 5.99. The van der Waals surface area contributed by atoms with Crippen LogP contribution in [0.1, 0.15) is 28.5 Å². The summed E-state index contributed by atoms with van der Waals surface area (Å²) >= 11 is 5.96. The van der Waals surface area contributed by atoms with E-state index in [-0.39, 0.29) is 16.3 Å². The van der Waals surface area contributed by atoms with Gasteiger partial charge in [0.25, 0.3) is 0 Å². The monoisotopic (exact) mass is 305 g/mol. The first-order valence-electron chi connectivity index (χ1n) is 5.61. The van der Waals surface area contributed by atoms with E-state index in [1.807, 2.05) is 0 Å². The van der Waals surface area contributed by atoms with Gasteiger partial charge in [0.15, 0.2) is 0 Å². The van der Waals surface area contributed by atoms with Gasteiger partial charge in [0.1, 0.15) is 11.3 Å². The van der Waals surface area contributed by atoms with Crippen molar-refractivity contribution < 1.29 is 18.3 Å². The zero-order valence-electron chi connectivity index (χ0n) is 10.6. The number of hydrogen-bond donors (Lipinski definition) is 1. The molecule has 20 heavy (non-hydrogen) atoms.